The number of aromatic amines is 1. The number of nitrogens with one attached hydrogen (secondary N) is 1. The fraction of sp³-hybridized carbons (Fsp3) is 0.111. The molecule has 0 radical (unpaired) electrons. The molecule has 2 aromatic carbocycles. The minimum atomic E-state index is -4.43. The lowest BCUT2D eigenvalue weighted by Gasteiger charge is -2.11. The molecule has 0 unspecified atom stereocenters. The number of para-hydroxylation sites is 1. The largest absolute Gasteiger partial charge is 0.416 e. The molecule has 1 N–H and O–H groups in total. The van der Waals surface area contributed by atoms with Crippen LogP contribution in [0.15, 0.2) is 54.9 Å². The van der Waals surface area contributed by atoms with E-state index in [4.69, 9.17) is 0 Å². The third-order valence-electron chi connectivity index (χ3n) is 4.19. The Morgan fingerprint density at radius 1 is 1.00 bits per heavy atom. The highest BCUT2D eigenvalue weighted by Crippen LogP contribution is 2.37. The molecule has 0 aliphatic rings. The van der Waals surface area contributed by atoms with Crippen LogP contribution in [0.2, 0.25) is 0 Å². The van der Waals surface area contributed by atoms with Crippen molar-refractivity contribution in [2.45, 2.75) is 13.1 Å². The van der Waals surface area contributed by atoms with Gasteiger partial charge in [0.15, 0.2) is 0 Å². The second-order valence-electron chi connectivity index (χ2n) is 5.74. The van der Waals surface area contributed by atoms with Crippen molar-refractivity contribution in [3.63, 3.8) is 0 Å². The molecule has 2 heterocycles. The van der Waals surface area contributed by atoms with Gasteiger partial charge in [0, 0.05) is 16.6 Å². The number of alkyl halides is 3. The van der Waals surface area contributed by atoms with Crippen molar-refractivity contribution in [1.82, 2.24) is 20.0 Å². The van der Waals surface area contributed by atoms with Gasteiger partial charge in [0.2, 0.25) is 0 Å². The summed E-state index contributed by atoms with van der Waals surface area (Å²) in [5.41, 5.74) is 2.33. The molecule has 7 heteroatoms. The molecular formula is C18H13F3N4. The molecule has 0 aliphatic carbocycles. The first-order valence-electron chi connectivity index (χ1n) is 7.60. The highest BCUT2D eigenvalue weighted by atomic mass is 19.4. The normalized spacial score (nSPS) is 12.0. The Balaban J connectivity index is 1.94. The van der Waals surface area contributed by atoms with Crippen LogP contribution in [0.5, 0.6) is 0 Å². The predicted octanol–water partition coefficient (Wildman–Crippen LogP) is 4.74. The fourth-order valence-electron chi connectivity index (χ4n) is 2.94. The van der Waals surface area contributed by atoms with E-state index in [2.05, 4.69) is 15.3 Å². The maximum atomic E-state index is 13.2. The molecule has 0 aliphatic heterocycles. The van der Waals surface area contributed by atoms with Crippen molar-refractivity contribution in [3.8, 4) is 16.8 Å². The summed E-state index contributed by atoms with van der Waals surface area (Å²) < 4.78 is 41.4. The zero-order valence-electron chi connectivity index (χ0n) is 13.2. The lowest BCUT2D eigenvalue weighted by atomic mass is 9.99. The van der Waals surface area contributed by atoms with Crippen molar-refractivity contribution in [1.29, 1.82) is 0 Å². The second-order valence-corrected chi connectivity index (χ2v) is 5.74. The van der Waals surface area contributed by atoms with Gasteiger partial charge in [-0.15, -0.1) is 0 Å². The number of rotatable bonds is 2. The number of H-pyrrole nitrogens is 1. The smallest absolute Gasteiger partial charge is 0.278 e. The number of hydrogen-bond acceptors (Lipinski definition) is 2. The van der Waals surface area contributed by atoms with Crippen molar-refractivity contribution >= 4 is 10.9 Å². The molecular weight excluding hydrogens is 329 g/mol. The van der Waals surface area contributed by atoms with Gasteiger partial charge < -0.3 is 0 Å². The van der Waals surface area contributed by atoms with Gasteiger partial charge in [0.05, 0.1) is 29.2 Å². The minimum Gasteiger partial charge on any atom is -0.278 e. The second kappa shape index (κ2) is 5.47. The van der Waals surface area contributed by atoms with Crippen LogP contribution in [0.4, 0.5) is 13.2 Å². The molecule has 25 heavy (non-hydrogen) atoms. The Kier molecular flexibility index (Phi) is 3.38. The lowest BCUT2D eigenvalue weighted by Crippen LogP contribution is -2.05. The van der Waals surface area contributed by atoms with Crippen LogP contribution in [-0.2, 0) is 6.18 Å². The van der Waals surface area contributed by atoms with E-state index >= 15 is 0 Å². The maximum Gasteiger partial charge on any atom is 0.416 e. The van der Waals surface area contributed by atoms with E-state index in [1.807, 2.05) is 37.3 Å². The Morgan fingerprint density at radius 3 is 2.48 bits per heavy atom. The van der Waals surface area contributed by atoms with Crippen LogP contribution in [0, 0.1) is 6.92 Å². The third kappa shape index (κ3) is 2.57. The van der Waals surface area contributed by atoms with E-state index in [0.29, 0.717) is 22.0 Å². The van der Waals surface area contributed by atoms with E-state index in [0.717, 1.165) is 23.5 Å². The van der Waals surface area contributed by atoms with Gasteiger partial charge in [-0.2, -0.15) is 23.4 Å². The van der Waals surface area contributed by atoms with Gasteiger partial charge in [0.1, 0.15) is 0 Å². The van der Waals surface area contributed by atoms with Gasteiger partial charge in [-0.1, -0.05) is 18.2 Å². The first-order valence-corrected chi connectivity index (χ1v) is 7.60. The predicted molar refractivity (Wildman–Crippen MR) is 88.4 cm³/mol. The Morgan fingerprint density at radius 2 is 1.76 bits per heavy atom. The summed E-state index contributed by atoms with van der Waals surface area (Å²) in [4.78, 5) is 0. The molecule has 4 rings (SSSR count). The average Bonchev–Trinajstić information content (AvgIpc) is 3.20. The number of benzene rings is 2. The summed E-state index contributed by atoms with van der Waals surface area (Å²) in [5.74, 6) is 0. The SMILES string of the molecule is Cc1c(-c2cc(C(F)(F)F)cc3[nH]ncc23)cnn1-c1ccccc1. The van der Waals surface area contributed by atoms with Gasteiger partial charge in [-0.3, -0.25) is 5.10 Å². The van der Waals surface area contributed by atoms with Crippen LogP contribution >= 0.6 is 0 Å². The van der Waals surface area contributed by atoms with Crippen LogP contribution < -0.4 is 0 Å². The molecule has 0 spiro atoms. The zero-order valence-corrected chi connectivity index (χ0v) is 13.2. The first-order chi connectivity index (χ1) is 11.9. The summed E-state index contributed by atoms with van der Waals surface area (Å²) in [6.07, 6.45) is -1.31. The van der Waals surface area contributed by atoms with Gasteiger partial charge >= 0.3 is 6.18 Å². The van der Waals surface area contributed by atoms with Crippen LogP contribution in [0.3, 0.4) is 0 Å². The highest BCUT2D eigenvalue weighted by molar-refractivity contribution is 5.95. The molecule has 126 valence electrons. The highest BCUT2D eigenvalue weighted by Gasteiger charge is 2.32. The van der Waals surface area contributed by atoms with Crippen molar-refractivity contribution in [2.75, 3.05) is 0 Å². The van der Waals surface area contributed by atoms with Crippen molar-refractivity contribution < 1.29 is 13.2 Å². The summed E-state index contributed by atoms with van der Waals surface area (Å²) in [5, 5.41) is 11.5. The molecule has 0 bridgehead atoms. The maximum absolute atomic E-state index is 13.2. The van der Waals surface area contributed by atoms with Crippen molar-refractivity contribution in [3.05, 3.63) is 66.1 Å². The average molecular weight is 342 g/mol. The molecule has 0 atom stereocenters. The molecule has 0 saturated carbocycles. The molecule has 0 saturated heterocycles. The Bertz CT molecular complexity index is 1050. The number of halogens is 3. The Labute approximate surface area is 140 Å². The standard InChI is InChI=1S/C18H13F3N4/c1-11-15(10-23-25(11)13-5-3-2-4-6-13)14-7-12(18(19,20)21)8-17-16(14)9-22-24-17/h2-10H,1H3,(H,22,24). The van der Waals surface area contributed by atoms with Crippen molar-refractivity contribution in [2.24, 2.45) is 0 Å². The number of aromatic nitrogens is 4. The lowest BCUT2D eigenvalue weighted by molar-refractivity contribution is -0.137. The van der Waals surface area contributed by atoms with Crippen LogP contribution in [-0.4, -0.2) is 20.0 Å². The monoisotopic (exact) mass is 342 g/mol. The quantitative estimate of drug-likeness (QED) is 0.572. The molecule has 2 aromatic heterocycles. The molecule has 0 fully saturated rings. The van der Waals surface area contributed by atoms with Crippen LogP contribution in [0.25, 0.3) is 27.7 Å². The zero-order chi connectivity index (χ0) is 17.6. The van der Waals surface area contributed by atoms with E-state index in [-0.39, 0.29) is 0 Å². The minimum absolute atomic E-state index is 0.344. The number of nitrogens with zero attached hydrogens (tertiary/aromatic N) is 3. The van der Waals surface area contributed by atoms with E-state index in [1.54, 1.807) is 10.9 Å². The van der Waals surface area contributed by atoms with E-state index < -0.39 is 11.7 Å². The van der Waals surface area contributed by atoms with E-state index in [1.165, 1.54) is 6.20 Å². The number of hydrogen-bond donors (Lipinski definition) is 1. The topological polar surface area (TPSA) is 46.5 Å². The summed E-state index contributed by atoms with van der Waals surface area (Å²) >= 11 is 0. The molecule has 4 nitrogen and oxygen atoms in total. The van der Waals surface area contributed by atoms with E-state index in [9.17, 15) is 13.2 Å². The Hall–Kier alpha value is -3.09. The van der Waals surface area contributed by atoms with Gasteiger partial charge in [-0.25, -0.2) is 4.68 Å². The summed E-state index contributed by atoms with van der Waals surface area (Å²) in [7, 11) is 0. The summed E-state index contributed by atoms with van der Waals surface area (Å²) in [6.45, 7) is 1.83. The third-order valence-corrected chi connectivity index (χ3v) is 4.19. The molecule has 4 aromatic rings. The van der Waals surface area contributed by atoms with Crippen LogP contribution in [0.1, 0.15) is 11.3 Å². The number of fused-ring (bicyclic) bond motifs is 1. The van der Waals surface area contributed by atoms with Gasteiger partial charge in [0.25, 0.3) is 0 Å². The summed E-state index contributed by atoms with van der Waals surface area (Å²) in [6, 6.07) is 11.7. The molecule has 0 amide bonds. The first kappa shape index (κ1) is 15.4. The fourth-order valence-corrected chi connectivity index (χ4v) is 2.94. The van der Waals surface area contributed by atoms with Gasteiger partial charge in [-0.05, 0) is 36.8 Å².